The lowest BCUT2D eigenvalue weighted by Crippen LogP contribution is -2.05. The molecular formula is C14H14N4O. The summed E-state index contributed by atoms with van der Waals surface area (Å²) in [5.74, 6) is 0.0156. The van der Waals surface area contributed by atoms with Crippen molar-refractivity contribution in [1.29, 1.82) is 0 Å². The maximum atomic E-state index is 11.6. The maximum Gasteiger partial charge on any atom is 0.228 e. The van der Waals surface area contributed by atoms with Crippen LogP contribution in [0.25, 0.3) is 11.1 Å². The number of hydrogen-bond acceptors (Lipinski definition) is 4. The summed E-state index contributed by atoms with van der Waals surface area (Å²) in [6.45, 7) is 4.06. The number of benzene rings is 1. The molecule has 0 spiro atoms. The first kappa shape index (κ1) is 11.6. The van der Waals surface area contributed by atoms with E-state index in [9.17, 15) is 4.79 Å². The molecule has 1 amide bonds. The summed E-state index contributed by atoms with van der Waals surface area (Å²) >= 11 is 0. The first-order valence-corrected chi connectivity index (χ1v) is 6.07. The minimum atomic E-state index is 0.0156. The zero-order valence-corrected chi connectivity index (χ0v) is 10.8. The Bertz CT molecular complexity index is 694. The molecule has 0 aliphatic carbocycles. The van der Waals surface area contributed by atoms with Crippen molar-refractivity contribution < 1.29 is 4.79 Å². The number of anilines is 2. The van der Waals surface area contributed by atoms with Crippen LogP contribution in [0, 0.1) is 13.8 Å². The van der Waals surface area contributed by atoms with E-state index in [0.29, 0.717) is 12.1 Å². The van der Waals surface area contributed by atoms with Crippen LogP contribution in [0.1, 0.15) is 16.7 Å². The molecule has 1 aliphatic rings. The molecule has 1 aromatic heterocycles. The molecule has 5 heteroatoms. The predicted molar refractivity (Wildman–Crippen MR) is 73.7 cm³/mol. The second-order valence-corrected chi connectivity index (χ2v) is 4.81. The molecule has 19 heavy (non-hydrogen) atoms. The molecule has 0 fully saturated rings. The normalized spacial score (nSPS) is 13.3. The molecule has 2 heterocycles. The van der Waals surface area contributed by atoms with Gasteiger partial charge in [-0.15, -0.1) is 0 Å². The van der Waals surface area contributed by atoms with Crippen molar-refractivity contribution >= 4 is 17.3 Å². The number of carbonyl (C=O) groups excluding carboxylic acids is 1. The van der Waals surface area contributed by atoms with Crippen LogP contribution < -0.4 is 11.1 Å². The third-order valence-electron chi connectivity index (χ3n) is 3.57. The number of aryl methyl sites for hydroxylation is 1. The number of hydrogen-bond donors (Lipinski definition) is 2. The Balaban J connectivity index is 2.33. The summed E-state index contributed by atoms with van der Waals surface area (Å²) in [6, 6.07) is 2.05. The van der Waals surface area contributed by atoms with E-state index in [4.69, 9.17) is 5.73 Å². The Hall–Kier alpha value is -2.43. The van der Waals surface area contributed by atoms with Gasteiger partial charge in [-0.3, -0.25) is 4.79 Å². The largest absolute Gasteiger partial charge is 0.397 e. The number of nitrogens with one attached hydrogen (secondary N) is 1. The van der Waals surface area contributed by atoms with Crippen molar-refractivity contribution in [3.8, 4) is 11.1 Å². The van der Waals surface area contributed by atoms with Crippen LogP contribution in [-0.2, 0) is 11.2 Å². The van der Waals surface area contributed by atoms with E-state index in [-0.39, 0.29) is 5.91 Å². The number of nitrogens with two attached hydrogens (primary N) is 1. The van der Waals surface area contributed by atoms with Gasteiger partial charge >= 0.3 is 0 Å². The predicted octanol–water partition coefficient (Wildman–Crippen LogP) is 1.84. The average Bonchev–Trinajstić information content (AvgIpc) is 2.72. The lowest BCUT2D eigenvalue weighted by atomic mass is 9.92. The van der Waals surface area contributed by atoms with Crippen LogP contribution in [0.15, 0.2) is 18.5 Å². The smallest absolute Gasteiger partial charge is 0.228 e. The molecule has 0 saturated heterocycles. The van der Waals surface area contributed by atoms with Gasteiger partial charge in [0.05, 0.1) is 30.2 Å². The number of nitrogens with zero attached hydrogens (tertiary/aromatic N) is 2. The molecule has 1 aliphatic heterocycles. The van der Waals surface area contributed by atoms with Gasteiger partial charge in [0.1, 0.15) is 0 Å². The van der Waals surface area contributed by atoms with Crippen molar-refractivity contribution in [3.05, 3.63) is 35.2 Å². The topological polar surface area (TPSA) is 80.9 Å². The third-order valence-corrected chi connectivity index (χ3v) is 3.57. The lowest BCUT2D eigenvalue weighted by molar-refractivity contribution is -0.115. The monoisotopic (exact) mass is 254 g/mol. The van der Waals surface area contributed by atoms with Crippen LogP contribution in [0.5, 0.6) is 0 Å². The van der Waals surface area contributed by atoms with Crippen molar-refractivity contribution in [3.63, 3.8) is 0 Å². The van der Waals surface area contributed by atoms with Gasteiger partial charge in [0, 0.05) is 11.1 Å². The summed E-state index contributed by atoms with van der Waals surface area (Å²) in [7, 11) is 0. The van der Waals surface area contributed by atoms with E-state index in [1.54, 1.807) is 6.20 Å². The fourth-order valence-electron chi connectivity index (χ4n) is 2.50. The number of aromatic nitrogens is 2. The van der Waals surface area contributed by atoms with E-state index < -0.39 is 0 Å². The molecule has 0 radical (unpaired) electrons. The van der Waals surface area contributed by atoms with Crippen LogP contribution >= 0.6 is 0 Å². The van der Waals surface area contributed by atoms with Crippen LogP contribution in [0.3, 0.4) is 0 Å². The van der Waals surface area contributed by atoms with E-state index in [1.165, 1.54) is 6.20 Å². The molecule has 2 aromatic rings. The molecule has 1 aromatic carbocycles. The van der Waals surface area contributed by atoms with Gasteiger partial charge in [0.15, 0.2) is 0 Å². The van der Waals surface area contributed by atoms with Gasteiger partial charge in [-0.2, -0.15) is 10.2 Å². The molecular weight excluding hydrogens is 240 g/mol. The minimum absolute atomic E-state index is 0.0156. The van der Waals surface area contributed by atoms with Gasteiger partial charge in [0.2, 0.25) is 5.91 Å². The zero-order chi connectivity index (χ0) is 13.6. The van der Waals surface area contributed by atoms with Crippen molar-refractivity contribution in [2.75, 3.05) is 11.1 Å². The molecule has 3 rings (SSSR count). The molecule has 5 nitrogen and oxygen atoms in total. The first-order valence-electron chi connectivity index (χ1n) is 6.07. The molecule has 0 unspecified atom stereocenters. The van der Waals surface area contributed by atoms with Crippen LogP contribution in [0.2, 0.25) is 0 Å². The fourth-order valence-corrected chi connectivity index (χ4v) is 2.50. The zero-order valence-electron chi connectivity index (χ0n) is 10.8. The van der Waals surface area contributed by atoms with E-state index >= 15 is 0 Å². The molecule has 0 atom stereocenters. The Morgan fingerprint density at radius 3 is 2.74 bits per heavy atom. The number of rotatable bonds is 1. The van der Waals surface area contributed by atoms with Gasteiger partial charge in [-0.1, -0.05) is 6.07 Å². The highest BCUT2D eigenvalue weighted by Crippen LogP contribution is 2.40. The summed E-state index contributed by atoms with van der Waals surface area (Å²) in [5, 5.41) is 10.6. The van der Waals surface area contributed by atoms with Crippen molar-refractivity contribution in [1.82, 2.24) is 10.2 Å². The van der Waals surface area contributed by atoms with Crippen molar-refractivity contribution in [2.45, 2.75) is 20.3 Å². The molecule has 3 N–H and O–H groups in total. The number of carbonyl (C=O) groups is 1. The lowest BCUT2D eigenvalue weighted by Gasteiger charge is -2.15. The first-order chi connectivity index (χ1) is 9.08. The van der Waals surface area contributed by atoms with Crippen LogP contribution in [0.4, 0.5) is 11.4 Å². The second-order valence-electron chi connectivity index (χ2n) is 4.81. The standard InChI is InChI=1S/C14H14N4O/c1-7-3-9-4-12(19)18-14(9)13(8(7)2)10-5-16-17-6-11(10)15/h3,5-6H,4H2,1-2H3,(H2,15,16)(H,18,19). The van der Waals surface area contributed by atoms with E-state index in [0.717, 1.165) is 33.5 Å². The number of nitrogen functional groups attached to an aromatic ring is 1. The van der Waals surface area contributed by atoms with E-state index in [2.05, 4.69) is 21.6 Å². The Morgan fingerprint density at radius 2 is 2.00 bits per heavy atom. The Morgan fingerprint density at radius 1 is 1.26 bits per heavy atom. The molecule has 0 bridgehead atoms. The number of fused-ring (bicyclic) bond motifs is 1. The molecule has 96 valence electrons. The van der Waals surface area contributed by atoms with Gasteiger partial charge in [-0.05, 0) is 30.5 Å². The minimum Gasteiger partial charge on any atom is -0.397 e. The summed E-state index contributed by atoms with van der Waals surface area (Å²) < 4.78 is 0. The highest BCUT2D eigenvalue weighted by Gasteiger charge is 2.24. The highest BCUT2D eigenvalue weighted by molar-refractivity contribution is 6.05. The Labute approximate surface area is 110 Å². The third kappa shape index (κ3) is 1.74. The van der Waals surface area contributed by atoms with E-state index in [1.807, 2.05) is 13.8 Å². The quantitative estimate of drug-likeness (QED) is 0.813. The van der Waals surface area contributed by atoms with Gasteiger partial charge < -0.3 is 11.1 Å². The van der Waals surface area contributed by atoms with Crippen LogP contribution in [-0.4, -0.2) is 16.1 Å². The summed E-state index contributed by atoms with van der Waals surface area (Å²) in [6.07, 6.45) is 3.59. The van der Waals surface area contributed by atoms with Gasteiger partial charge in [-0.25, -0.2) is 0 Å². The highest BCUT2D eigenvalue weighted by atomic mass is 16.1. The summed E-state index contributed by atoms with van der Waals surface area (Å²) in [5.41, 5.74) is 12.4. The number of amides is 1. The second kappa shape index (κ2) is 4.05. The average molecular weight is 254 g/mol. The molecule has 0 saturated carbocycles. The summed E-state index contributed by atoms with van der Waals surface area (Å²) in [4.78, 5) is 11.6. The SMILES string of the molecule is Cc1cc2c(c(-c3cnncc3N)c1C)NC(=O)C2. The maximum absolute atomic E-state index is 11.6. The van der Waals surface area contributed by atoms with Gasteiger partial charge in [0.25, 0.3) is 0 Å². The fraction of sp³-hybridized carbons (Fsp3) is 0.214. The Kier molecular flexibility index (Phi) is 2.48. The van der Waals surface area contributed by atoms with Crippen molar-refractivity contribution in [2.24, 2.45) is 0 Å².